The van der Waals surface area contributed by atoms with E-state index >= 15 is 0 Å². The number of fused-ring (bicyclic) bond motifs is 1. The number of hydrogen-bond donors (Lipinski definition) is 2. The third-order valence-corrected chi connectivity index (χ3v) is 8.35. The van der Waals surface area contributed by atoms with Gasteiger partial charge in [-0.2, -0.15) is 0 Å². The van der Waals surface area contributed by atoms with Crippen molar-refractivity contribution in [3.63, 3.8) is 0 Å². The predicted molar refractivity (Wildman–Crippen MR) is 134 cm³/mol. The Labute approximate surface area is 211 Å². The smallest absolute Gasteiger partial charge is 0.246 e. The zero-order valence-corrected chi connectivity index (χ0v) is 21.5. The molecule has 1 aliphatic carbocycles. The molecular weight excluding hydrogens is 466 g/mol. The van der Waals surface area contributed by atoms with E-state index in [1.807, 2.05) is 45.9 Å². The topological polar surface area (TPSA) is 87.7 Å². The standard InChI is InChI=1S/C27H34ClN3O4/c1-15-10-11-17(14-18(15)28)30-23(32)20-19-12-13-27(35-19)21(20)25(34)31(26(2,3)4)22(27)24(33)29-16-8-6-5-7-9-16/h10-14,16,19-22H,5-9H2,1-4H3,(H,29,33)(H,30,32)/t19-,20-,21-,22+,27-/m1/s1. The lowest BCUT2D eigenvalue weighted by molar-refractivity contribution is -0.146. The summed E-state index contributed by atoms with van der Waals surface area (Å²) in [7, 11) is 0. The Balaban J connectivity index is 1.46. The van der Waals surface area contributed by atoms with Crippen molar-refractivity contribution in [1.82, 2.24) is 10.2 Å². The highest BCUT2D eigenvalue weighted by atomic mass is 35.5. The first-order valence-corrected chi connectivity index (χ1v) is 13.0. The summed E-state index contributed by atoms with van der Waals surface area (Å²) >= 11 is 6.24. The number of benzene rings is 1. The number of nitrogens with zero attached hydrogens (tertiary/aromatic N) is 1. The SMILES string of the molecule is Cc1ccc(NC(=O)[C@@H]2[C@H]3C=C[C@]4(O3)[C@H](C(=O)NC3CCCCC3)N(C(C)(C)C)C(=O)[C@@H]24)cc1Cl. The van der Waals surface area contributed by atoms with Crippen molar-refractivity contribution < 1.29 is 19.1 Å². The van der Waals surface area contributed by atoms with E-state index in [0.717, 1.165) is 31.2 Å². The third-order valence-electron chi connectivity index (χ3n) is 7.94. The van der Waals surface area contributed by atoms with Gasteiger partial charge in [-0.1, -0.05) is 49.1 Å². The molecule has 0 aromatic heterocycles. The Kier molecular flexibility index (Phi) is 5.99. The van der Waals surface area contributed by atoms with Crippen LogP contribution in [0.15, 0.2) is 30.4 Å². The number of nitrogens with one attached hydrogen (secondary N) is 2. The molecule has 1 saturated carbocycles. The summed E-state index contributed by atoms with van der Waals surface area (Å²) in [6, 6.07) is 4.61. The molecule has 1 aromatic rings. The molecule has 4 aliphatic rings. The van der Waals surface area contributed by atoms with E-state index in [1.165, 1.54) is 6.42 Å². The fourth-order valence-corrected chi connectivity index (χ4v) is 6.50. The molecule has 188 valence electrons. The van der Waals surface area contributed by atoms with Gasteiger partial charge in [0.1, 0.15) is 11.6 Å². The van der Waals surface area contributed by atoms with Gasteiger partial charge in [0.15, 0.2) is 0 Å². The molecule has 3 heterocycles. The Morgan fingerprint density at radius 2 is 1.86 bits per heavy atom. The van der Waals surface area contributed by atoms with Crippen molar-refractivity contribution in [1.29, 1.82) is 0 Å². The number of amides is 3. The Morgan fingerprint density at radius 1 is 1.14 bits per heavy atom. The monoisotopic (exact) mass is 499 g/mol. The maximum atomic E-state index is 13.9. The normalized spacial score (nSPS) is 32.1. The van der Waals surface area contributed by atoms with Crippen LogP contribution in [0.3, 0.4) is 0 Å². The van der Waals surface area contributed by atoms with Gasteiger partial charge in [-0.25, -0.2) is 0 Å². The first-order valence-electron chi connectivity index (χ1n) is 12.6. The quantitative estimate of drug-likeness (QED) is 0.613. The van der Waals surface area contributed by atoms with Gasteiger partial charge in [-0.3, -0.25) is 14.4 Å². The number of carbonyl (C=O) groups is 3. The van der Waals surface area contributed by atoms with E-state index in [2.05, 4.69) is 10.6 Å². The molecule has 3 aliphatic heterocycles. The molecule has 2 N–H and O–H groups in total. The first-order chi connectivity index (χ1) is 16.5. The second-order valence-corrected chi connectivity index (χ2v) is 11.8. The van der Waals surface area contributed by atoms with Crippen molar-refractivity contribution in [2.45, 2.75) is 89.1 Å². The van der Waals surface area contributed by atoms with Crippen LogP contribution in [-0.2, 0) is 19.1 Å². The first kappa shape index (κ1) is 24.3. The van der Waals surface area contributed by atoms with E-state index in [4.69, 9.17) is 16.3 Å². The van der Waals surface area contributed by atoms with E-state index < -0.39 is 35.1 Å². The van der Waals surface area contributed by atoms with Gasteiger partial charge in [0, 0.05) is 22.3 Å². The zero-order chi connectivity index (χ0) is 25.1. The summed E-state index contributed by atoms with van der Waals surface area (Å²) in [4.78, 5) is 42.8. The Bertz CT molecular complexity index is 1090. The molecule has 1 spiro atoms. The summed E-state index contributed by atoms with van der Waals surface area (Å²) in [5, 5.41) is 6.68. The number of likely N-dealkylation sites (tertiary alicyclic amines) is 1. The average Bonchev–Trinajstić information content (AvgIpc) is 3.44. The van der Waals surface area contributed by atoms with Crippen LogP contribution >= 0.6 is 11.6 Å². The second kappa shape index (κ2) is 8.63. The molecule has 5 atom stereocenters. The summed E-state index contributed by atoms with van der Waals surface area (Å²) < 4.78 is 6.40. The Hall–Kier alpha value is -2.38. The highest BCUT2D eigenvalue weighted by Crippen LogP contribution is 2.56. The van der Waals surface area contributed by atoms with Crippen LogP contribution in [0.4, 0.5) is 5.69 Å². The molecular formula is C27H34ClN3O4. The molecule has 2 saturated heterocycles. The van der Waals surface area contributed by atoms with Crippen LogP contribution in [0.1, 0.15) is 58.4 Å². The van der Waals surface area contributed by atoms with Crippen LogP contribution in [0.2, 0.25) is 5.02 Å². The van der Waals surface area contributed by atoms with Crippen LogP contribution < -0.4 is 10.6 Å². The summed E-state index contributed by atoms with van der Waals surface area (Å²) in [5.74, 6) is -2.21. The molecule has 1 aromatic carbocycles. The van der Waals surface area contributed by atoms with E-state index in [0.29, 0.717) is 10.7 Å². The fraction of sp³-hybridized carbons (Fsp3) is 0.593. The summed E-state index contributed by atoms with van der Waals surface area (Å²) in [6.07, 6.45) is 8.39. The number of rotatable bonds is 4. The van der Waals surface area contributed by atoms with E-state index in [9.17, 15) is 14.4 Å². The number of carbonyl (C=O) groups excluding carboxylic acids is 3. The van der Waals surface area contributed by atoms with Crippen molar-refractivity contribution in [3.8, 4) is 0 Å². The number of hydrogen-bond acceptors (Lipinski definition) is 4. The zero-order valence-electron chi connectivity index (χ0n) is 20.8. The van der Waals surface area contributed by atoms with Crippen LogP contribution in [-0.4, -0.2) is 51.9 Å². The van der Waals surface area contributed by atoms with Gasteiger partial charge < -0.3 is 20.3 Å². The summed E-state index contributed by atoms with van der Waals surface area (Å²) in [5.41, 5.74) is -0.295. The second-order valence-electron chi connectivity index (χ2n) is 11.4. The molecule has 35 heavy (non-hydrogen) atoms. The number of halogens is 1. The van der Waals surface area contributed by atoms with Crippen molar-refractivity contribution >= 4 is 35.0 Å². The van der Waals surface area contributed by atoms with Gasteiger partial charge in [-0.05, 0) is 58.2 Å². The lowest BCUT2D eigenvalue weighted by Crippen LogP contribution is -2.60. The van der Waals surface area contributed by atoms with Gasteiger partial charge in [-0.15, -0.1) is 0 Å². The van der Waals surface area contributed by atoms with Crippen molar-refractivity contribution in [2.24, 2.45) is 11.8 Å². The molecule has 5 rings (SSSR count). The van der Waals surface area contributed by atoms with Crippen molar-refractivity contribution in [3.05, 3.63) is 40.9 Å². The minimum absolute atomic E-state index is 0.108. The third kappa shape index (κ3) is 3.97. The number of anilines is 1. The number of aryl methyl sites for hydroxylation is 1. The van der Waals surface area contributed by atoms with E-state index in [1.54, 1.807) is 17.0 Å². The molecule has 0 radical (unpaired) electrons. The minimum atomic E-state index is -1.15. The number of ether oxygens (including phenoxy) is 1. The van der Waals surface area contributed by atoms with Gasteiger partial charge in [0.05, 0.1) is 17.9 Å². The van der Waals surface area contributed by atoms with Crippen LogP contribution in [0.5, 0.6) is 0 Å². The highest BCUT2D eigenvalue weighted by molar-refractivity contribution is 6.31. The molecule has 2 bridgehead atoms. The molecule has 3 amide bonds. The van der Waals surface area contributed by atoms with E-state index in [-0.39, 0.29) is 23.8 Å². The molecule has 7 nitrogen and oxygen atoms in total. The van der Waals surface area contributed by atoms with Gasteiger partial charge in [0.25, 0.3) is 0 Å². The van der Waals surface area contributed by atoms with Crippen LogP contribution in [0.25, 0.3) is 0 Å². The maximum Gasteiger partial charge on any atom is 0.246 e. The van der Waals surface area contributed by atoms with Gasteiger partial charge in [0.2, 0.25) is 17.7 Å². The summed E-state index contributed by atoms with van der Waals surface area (Å²) in [6.45, 7) is 7.65. The van der Waals surface area contributed by atoms with Crippen molar-refractivity contribution in [2.75, 3.05) is 5.32 Å². The minimum Gasteiger partial charge on any atom is -0.359 e. The maximum absolute atomic E-state index is 13.9. The van der Waals surface area contributed by atoms with Gasteiger partial charge >= 0.3 is 0 Å². The fourth-order valence-electron chi connectivity index (χ4n) is 6.31. The Morgan fingerprint density at radius 3 is 2.51 bits per heavy atom. The molecule has 8 heteroatoms. The molecule has 3 fully saturated rings. The predicted octanol–water partition coefficient (Wildman–Crippen LogP) is 3.98. The lowest BCUT2D eigenvalue weighted by atomic mass is 9.74. The largest absolute Gasteiger partial charge is 0.359 e. The average molecular weight is 500 g/mol. The molecule has 0 unspecified atom stereocenters. The highest BCUT2D eigenvalue weighted by Gasteiger charge is 2.73. The van der Waals surface area contributed by atoms with Crippen LogP contribution in [0, 0.1) is 18.8 Å². The lowest BCUT2D eigenvalue weighted by Gasteiger charge is -2.40.